The van der Waals surface area contributed by atoms with Crippen LogP contribution >= 0.6 is 0 Å². The fourth-order valence-electron chi connectivity index (χ4n) is 3.70. The van der Waals surface area contributed by atoms with Crippen molar-refractivity contribution in [1.82, 2.24) is 4.90 Å². The average Bonchev–Trinajstić information content (AvgIpc) is 2.63. The zero-order valence-corrected chi connectivity index (χ0v) is 14.9. The largest absolute Gasteiger partial charge is 0.394 e. The summed E-state index contributed by atoms with van der Waals surface area (Å²) in [6.07, 6.45) is 0. The highest BCUT2D eigenvalue weighted by Crippen LogP contribution is 2.44. The van der Waals surface area contributed by atoms with Crippen LogP contribution in [0.3, 0.4) is 0 Å². The van der Waals surface area contributed by atoms with E-state index >= 15 is 0 Å². The number of likely N-dealkylation sites (tertiary alicyclic amines) is 1. The van der Waals surface area contributed by atoms with Crippen LogP contribution in [-0.4, -0.2) is 48.3 Å². The standard InChI is InChI=1S/C21H22N2O3/c1-14-7-9-15(10-8-14)16-5-3-4-6-17(16)21-18(11-22)23(19(21)12-24)20(25)13-26-2/h3-10,18-19,21,24H,12-13H2,1-2H3/t18-,19+,21-/m0/s1. The Kier molecular flexibility index (Phi) is 5.36. The number of aliphatic hydroxyl groups is 1. The monoisotopic (exact) mass is 350 g/mol. The molecule has 0 radical (unpaired) electrons. The second-order valence-corrected chi connectivity index (χ2v) is 6.54. The van der Waals surface area contributed by atoms with Crippen LogP contribution in [0.1, 0.15) is 17.0 Å². The number of ether oxygens (including phenoxy) is 1. The van der Waals surface area contributed by atoms with Crippen LogP contribution < -0.4 is 0 Å². The number of nitriles is 1. The summed E-state index contributed by atoms with van der Waals surface area (Å²) in [5.74, 6) is -0.509. The van der Waals surface area contributed by atoms with E-state index in [1.165, 1.54) is 17.6 Å². The number of aryl methyl sites for hydroxylation is 1. The highest BCUT2D eigenvalue weighted by molar-refractivity contribution is 5.81. The van der Waals surface area contributed by atoms with Crippen LogP contribution in [0.25, 0.3) is 11.1 Å². The first-order valence-corrected chi connectivity index (χ1v) is 8.59. The number of rotatable bonds is 5. The summed E-state index contributed by atoms with van der Waals surface area (Å²) in [5.41, 5.74) is 4.23. The minimum absolute atomic E-state index is 0.0962. The molecule has 1 saturated heterocycles. The van der Waals surface area contributed by atoms with Gasteiger partial charge in [0.15, 0.2) is 0 Å². The van der Waals surface area contributed by atoms with Gasteiger partial charge in [-0.1, -0.05) is 54.1 Å². The number of carbonyl (C=O) groups is 1. The maximum absolute atomic E-state index is 12.3. The van der Waals surface area contributed by atoms with Gasteiger partial charge in [0.05, 0.1) is 18.7 Å². The lowest BCUT2D eigenvalue weighted by molar-refractivity contribution is -0.150. The van der Waals surface area contributed by atoms with E-state index in [0.717, 1.165) is 16.7 Å². The number of nitrogens with zero attached hydrogens (tertiary/aromatic N) is 2. The van der Waals surface area contributed by atoms with E-state index in [9.17, 15) is 15.2 Å². The Labute approximate surface area is 153 Å². The summed E-state index contributed by atoms with van der Waals surface area (Å²) in [6, 6.07) is 17.3. The van der Waals surface area contributed by atoms with Crippen molar-refractivity contribution < 1.29 is 14.6 Å². The molecule has 1 amide bonds. The highest BCUT2D eigenvalue weighted by Gasteiger charge is 2.52. The third-order valence-electron chi connectivity index (χ3n) is 4.97. The highest BCUT2D eigenvalue weighted by atomic mass is 16.5. The minimum atomic E-state index is -0.610. The summed E-state index contributed by atoms with van der Waals surface area (Å²) in [4.78, 5) is 13.7. The SMILES string of the molecule is COCC(=O)N1[C@H](CO)[C@@H](c2ccccc2-c2ccc(C)cc2)[C@@H]1C#N. The van der Waals surface area contributed by atoms with Crippen molar-refractivity contribution in [2.45, 2.75) is 24.9 Å². The molecule has 5 heteroatoms. The van der Waals surface area contributed by atoms with Crippen molar-refractivity contribution in [1.29, 1.82) is 5.26 Å². The number of hydrogen-bond acceptors (Lipinski definition) is 4. The summed E-state index contributed by atoms with van der Waals surface area (Å²) >= 11 is 0. The summed E-state index contributed by atoms with van der Waals surface area (Å²) in [6.45, 7) is 1.75. The van der Waals surface area contributed by atoms with Crippen molar-refractivity contribution in [2.75, 3.05) is 20.3 Å². The molecule has 1 aliphatic heterocycles. The van der Waals surface area contributed by atoms with Gasteiger partial charge in [-0.05, 0) is 23.6 Å². The lowest BCUT2D eigenvalue weighted by Gasteiger charge is -2.52. The number of amides is 1. The fraction of sp³-hybridized carbons (Fsp3) is 0.333. The molecule has 0 aromatic heterocycles. The molecule has 0 unspecified atom stereocenters. The first kappa shape index (κ1) is 18.1. The third kappa shape index (κ3) is 3.10. The molecule has 3 atom stereocenters. The molecule has 0 spiro atoms. The number of methoxy groups -OCH3 is 1. The van der Waals surface area contributed by atoms with Crippen molar-refractivity contribution >= 4 is 5.91 Å². The Morgan fingerprint density at radius 3 is 2.54 bits per heavy atom. The summed E-state index contributed by atoms with van der Waals surface area (Å²) < 4.78 is 4.91. The van der Waals surface area contributed by atoms with Crippen molar-refractivity contribution in [3.8, 4) is 17.2 Å². The molecular formula is C21H22N2O3. The van der Waals surface area contributed by atoms with Crippen LogP contribution in [0.5, 0.6) is 0 Å². The maximum Gasteiger partial charge on any atom is 0.249 e. The molecule has 1 N–H and O–H groups in total. The molecule has 0 saturated carbocycles. The van der Waals surface area contributed by atoms with Crippen LogP contribution in [0, 0.1) is 18.3 Å². The van der Waals surface area contributed by atoms with Crippen LogP contribution in [0.2, 0.25) is 0 Å². The number of aliphatic hydroxyl groups excluding tert-OH is 1. The Balaban J connectivity index is 2.00. The topological polar surface area (TPSA) is 73.6 Å². The van der Waals surface area contributed by atoms with E-state index in [1.807, 2.05) is 43.3 Å². The molecule has 134 valence electrons. The molecule has 26 heavy (non-hydrogen) atoms. The van der Waals surface area contributed by atoms with Gasteiger partial charge >= 0.3 is 0 Å². The maximum atomic E-state index is 12.3. The minimum Gasteiger partial charge on any atom is -0.394 e. The van der Waals surface area contributed by atoms with E-state index in [1.54, 1.807) is 0 Å². The van der Waals surface area contributed by atoms with Crippen LogP contribution in [-0.2, 0) is 9.53 Å². The predicted octanol–water partition coefficient (Wildman–Crippen LogP) is 2.49. The number of benzene rings is 2. The lowest BCUT2D eigenvalue weighted by atomic mass is 9.73. The molecule has 1 fully saturated rings. The van der Waals surface area contributed by atoms with Gasteiger partial charge in [-0.2, -0.15) is 5.26 Å². The van der Waals surface area contributed by atoms with E-state index < -0.39 is 12.1 Å². The van der Waals surface area contributed by atoms with Gasteiger partial charge in [0, 0.05) is 13.0 Å². The molecule has 2 aromatic carbocycles. The van der Waals surface area contributed by atoms with Crippen molar-refractivity contribution in [2.24, 2.45) is 0 Å². The van der Waals surface area contributed by atoms with Gasteiger partial charge in [-0.25, -0.2) is 0 Å². The second kappa shape index (κ2) is 7.69. The van der Waals surface area contributed by atoms with E-state index in [-0.39, 0.29) is 25.0 Å². The fourth-order valence-corrected chi connectivity index (χ4v) is 3.70. The van der Waals surface area contributed by atoms with E-state index in [4.69, 9.17) is 4.74 Å². The zero-order chi connectivity index (χ0) is 18.7. The lowest BCUT2D eigenvalue weighted by Crippen LogP contribution is -2.66. The van der Waals surface area contributed by atoms with Crippen molar-refractivity contribution in [3.63, 3.8) is 0 Å². The number of hydrogen-bond donors (Lipinski definition) is 1. The molecule has 0 aliphatic carbocycles. The Morgan fingerprint density at radius 1 is 1.23 bits per heavy atom. The molecule has 1 aliphatic rings. The molecule has 5 nitrogen and oxygen atoms in total. The predicted molar refractivity (Wildman–Crippen MR) is 98.4 cm³/mol. The first-order valence-electron chi connectivity index (χ1n) is 8.59. The van der Waals surface area contributed by atoms with Gasteiger partial charge in [-0.3, -0.25) is 4.79 Å². The van der Waals surface area contributed by atoms with Crippen LogP contribution in [0.4, 0.5) is 0 Å². The third-order valence-corrected chi connectivity index (χ3v) is 4.97. The average molecular weight is 350 g/mol. The normalized spacial score (nSPS) is 21.8. The van der Waals surface area contributed by atoms with E-state index in [2.05, 4.69) is 18.2 Å². The molecular weight excluding hydrogens is 328 g/mol. The van der Waals surface area contributed by atoms with Gasteiger partial charge in [0.1, 0.15) is 12.6 Å². The summed E-state index contributed by atoms with van der Waals surface area (Å²) in [7, 11) is 1.44. The second-order valence-electron chi connectivity index (χ2n) is 6.54. The van der Waals surface area contributed by atoms with Crippen molar-refractivity contribution in [3.05, 3.63) is 59.7 Å². The Morgan fingerprint density at radius 2 is 1.92 bits per heavy atom. The van der Waals surface area contributed by atoms with Gasteiger partial charge in [0.25, 0.3) is 0 Å². The first-order chi connectivity index (χ1) is 12.6. The van der Waals surface area contributed by atoms with Gasteiger partial charge < -0.3 is 14.7 Å². The van der Waals surface area contributed by atoms with Gasteiger partial charge in [0.2, 0.25) is 5.91 Å². The van der Waals surface area contributed by atoms with Crippen LogP contribution in [0.15, 0.2) is 48.5 Å². The number of carbonyl (C=O) groups excluding carboxylic acids is 1. The smallest absolute Gasteiger partial charge is 0.249 e. The molecule has 0 bridgehead atoms. The molecule has 2 aromatic rings. The zero-order valence-electron chi connectivity index (χ0n) is 14.9. The Bertz CT molecular complexity index is 826. The molecule has 1 heterocycles. The van der Waals surface area contributed by atoms with E-state index in [0.29, 0.717) is 0 Å². The molecule has 3 rings (SSSR count). The summed E-state index contributed by atoms with van der Waals surface area (Å²) in [5, 5.41) is 19.5. The Hall–Kier alpha value is -2.68. The van der Waals surface area contributed by atoms with Gasteiger partial charge in [-0.15, -0.1) is 0 Å². The quantitative estimate of drug-likeness (QED) is 0.899.